The summed E-state index contributed by atoms with van der Waals surface area (Å²) < 4.78 is 12.0. The van der Waals surface area contributed by atoms with Crippen molar-refractivity contribution in [2.45, 2.75) is 110 Å². The van der Waals surface area contributed by atoms with Gasteiger partial charge in [-0.3, -0.25) is 14.6 Å². The van der Waals surface area contributed by atoms with Crippen molar-refractivity contribution in [2.24, 2.45) is 17.3 Å². The van der Waals surface area contributed by atoms with Gasteiger partial charge in [0.15, 0.2) is 0 Å². The fraction of sp³-hybridized carbons (Fsp3) is 0.690. The number of carbonyl (C=O) groups is 2. The molecule has 7 atom stereocenters. The first-order valence-corrected chi connectivity index (χ1v) is 13.3. The number of fused-ring (bicyclic) bond motifs is 1. The van der Waals surface area contributed by atoms with E-state index in [-0.39, 0.29) is 29.8 Å². The molecule has 3 heterocycles. The number of cyclic esters (lactones) is 1. The highest BCUT2D eigenvalue weighted by atomic mass is 16.6. The Kier molecular flexibility index (Phi) is 9.12. The van der Waals surface area contributed by atoms with Crippen LogP contribution in [0.2, 0.25) is 0 Å². The topological polar surface area (TPSA) is 109 Å². The summed E-state index contributed by atoms with van der Waals surface area (Å²) in [5.74, 6) is -1.47. The molecule has 0 saturated carbocycles. The second-order valence-electron chi connectivity index (χ2n) is 11.5. The predicted molar refractivity (Wildman–Crippen MR) is 138 cm³/mol. The van der Waals surface area contributed by atoms with E-state index >= 15 is 0 Å². The van der Waals surface area contributed by atoms with E-state index in [4.69, 9.17) is 9.47 Å². The fourth-order valence-corrected chi connectivity index (χ4v) is 5.30. The van der Waals surface area contributed by atoms with Gasteiger partial charge in [-0.25, -0.2) is 0 Å². The third-order valence-corrected chi connectivity index (χ3v) is 8.24. The average Bonchev–Trinajstić information content (AvgIpc) is 3.47. The van der Waals surface area contributed by atoms with Crippen LogP contribution >= 0.6 is 0 Å². The Bertz CT molecular complexity index is 944. The maximum atomic E-state index is 13.4. The van der Waals surface area contributed by atoms with Crippen LogP contribution in [0.3, 0.4) is 0 Å². The van der Waals surface area contributed by atoms with Crippen molar-refractivity contribution in [3.05, 3.63) is 35.7 Å². The Morgan fingerprint density at radius 2 is 1.94 bits per heavy atom. The lowest BCUT2D eigenvalue weighted by molar-refractivity contribution is -0.154. The molecule has 7 heteroatoms. The van der Waals surface area contributed by atoms with Crippen LogP contribution in [-0.4, -0.2) is 57.0 Å². The van der Waals surface area contributed by atoms with Gasteiger partial charge >= 0.3 is 5.97 Å². The van der Waals surface area contributed by atoms with E-state index < -0.39 is 35.6 Å². The van der Waals surface area contributed by atoms with Crippen LogP contribution < -0.4 is 0 Å². The summed E-state index contributed by atoms with van der Waals surface area (Å²) in [4.78, 5) is 30.8. The number of ketones is 1. The van der Waals surface area contributed by atoms with Gasteiger partial charge in [-0.15, -0.1) is 0 Å². The number of esters is 1. The van der Waals surface area contributed by atoms with E-state index in [1.54, 1.807) is 20.0 Å². The highest BCUT2D eigenvalue weighted by Crippen LogP contribution is 2.45. The van der Waals surface area contributed by atoms with Crippen LogP contribution in [0.15, 0.2) is 30.0 Å². The molecule has 200 valence electrons. The number of nitrogens with zero attached hydrogens (tertiary/aromatic N) is 1. The summed E-state index contributed by atoms with van der Waals surface area (Å²) in [5, 5.41) is 22.0. The Balaban J connectivity index is 1.87. The van der Waals surface area contributed by atoms with E-state index in [1.165, 1.54) is 0 Å². The molecule has 1 aromatic rings. The Hall–Kier alpha value is -2.09. The molecule has 4 unspecified atom stereocenters. The van der Waals surface area contributed by atoms with Gasteiger partial charge in [0.2, 0.25) is 0 Å². The van der Waals surface area contributed by atoms with Crippen molar-refractivity contribution < 1.29 is 29.3 Å². The van der Waals surface area contributed by atoms with Crippen LogP contribution in [0, 0.1) is 17.3 Å². The lowest BCUT2D eigenvalue weighted by atomic mass is 9.71. The molecule has 3 rings (SSSR count). The van der Waals surface area contributed by atoms with Crippen molar-refractivity contribution >= 4 is 17.8 Å². The van der Waals surface area contributed by atoms with E-state index in [0.717, 1.165) is 30.5 Å². The molecule has 0 radical (unpaired) electrons. The zero-order valence-corrected chi connectivity index (χ0v) is 22.6. The number of aliphatic hydroxyl groups excluding tert-OH is 2. The molecule has 2 aliphatic heterocycles. The van der Waals surface area contributed by atoms with Crippen LogP contribution in [0.1, 0.15) is 85.8 Å². The molecule has 2 fully saturated rings. The second-order valence-corrected chi connectivity index (χ2v) is 11.5. The molecule has 36 heavy (non-hydrogen) atoms. The summed E-state index contributed by atoms with van der Waals surface area (Å²) >= 11 is 0. The van der Waals surface area contributed by atoms with Gasteiger partial charge in [-0.05, 0) is 62.8 Å². The van der Waals surface area contributed by atoms with Gasteiger partial charge < -0.3 is 19.7 Å². The van der Waals surface area contributed by atoms with Gasteiger partial charge in [0.25, 0.3) is 0 Å². The number of hydrogen-bond donors (Lipinski definition) is 2. The molecule has 2 N–H and O–H groups in total. The first kappa shape index (κ1) is 28.5. The highest BCUT2D eigenvalue weighted by molar-refractivity contribution is 5.88. The maximum Gasteiger partial charge on any atom is 0.309 e. The second kappa shape index (κ2) is 11.5. The van der Waals surface area contributed by atoms with Gasteiger partial charge in [0.1, 0.15) is 11.9 Å². The van der Waals surface area contributed by atoms with Crippen molar-refractivity contribution in [2.75, 3.05) is 0 Å². The molecule has 0 aromatic carbocycles. The number of aromatic nitrogens is 1. The largest absolute Gasteiger partial charge is 0.458 e. The molecule has 7 nitrogen and oxygen atoms in total. The van der Waals surface area contributed by atoms with Crippen LogP contribution in [-0.2, 0) is 19.1 Å². The number of hydrogen-bond acceptors (Lipinski definition) is 7. The van der Waals surface area contributed by atoms with Crippen LogP contribution in [0.25, 0.3) is 6.08 Å². The average molecular weight is 502 g/mol. The third kappa shape index (κ3) is 6.61. The Morgan fingerprint density at radius 1 is 1.22 bits per heavy atom. The Labute approximate surface area is 215 Å². The van der Waals surface area contributed by atoms with Crippen molar-refractivity contribution in [1.29, 1.82) is 0 Å². The SMILES string of the molecule is CCC1C(=O)C(C)(C)C(O)CC(=O)O[C@H](C(C)=Cc2ccccn2)C[C@@H]2OC2(C)CCCC(C)[C@@H]1O. The summed E-state index contributed by atoms with van der Waals surface area (Å²) in [6.45, 7) is 11.1. The molecule has 0 aliphatic carbocycles. The monoisotopic (exact) mass is 501 g/mol. The van der Waals surface area contributed by atoms with E-state index in [1.807, 2.05) is 45.0 Å². The Morgan fingerprint density at radius 3 is 2.58 bits per heavy atom. The smallest absolute Gasteiger partial charge is 0.309 e. The highest BCUT2D eigenvalue weighted by Gasteiger charge is 2.53. The number of aliphatic hydroxyl groups is 2. The lowest BCUT2D eigenvalue weighted by Crippen LogP contribution is -2.46. The van der Waals surface area contributed by atoms with Gasteiger partial charge in [-0.1, -0.05) is 40.2 Å². The van der Waals surface area contributed by atoms with E-state index in [2.05, 4.69) is 11.9 Å². The first-order chi connectivity index (χ1) is 16.9. The minimum absolute atomic E-state index is 0.0538. The number of rotatable bonds is 3. The quantitative estimate of drug-likeness (QED) is 0.464. The summed E-state index contributed by atoms with van der Waals surface area (Å²) in [6.07, 6.45) is 4.11. The summed E-state index contributed by atoms with van der Waals surface area (Å²) in [7, 11) is 0. The number of ether oxygens (including phenoxy) is 2. The molecule has 0 bridgehead atoms. The maximum absolute atomic E-state index is 13.4. The minimum Gasteiger partial charge on any atom is -0.458 e. The fourth-order valence-electron chi connectivity index (χ4n) is 5.30. The molecule has 2 saturated heterocycles. The number of carbonyl (C=O) groups excluding carboxylic acids is 2. The molecular formula is C29H43NO6. The van der Waals surface area contributed by atoms with Gasteiger partial charge in [0, 0.05) is 18.5 Å². The normalized spacial score (nSPS) is 36.6. The molecule has 0 amide bonds. The number of Topliss-reactive ketones (excluding diaryl/α,β-unsaturated/α-hetero) is 1. The van der Waals surface area contributed by atoms with Crippen LogP contribution in [0.5, 0.6) is 0 Å². The minimum atomic E-state index is -1.23. The van der Waals surface area contributed by atoms with Gasteiger partial charge in [-0.2, -0.15) is 0 Å². The zero-order chi connectivity index (χ0) is 26.7. The first-order valence-electron chi connectivity index (χ1n) is 13.3. The summed E-state index contributed by atoms with van der Waals surface area (Å²) in [5.41, 5.74) is 0.0968. The lowest BCUT2D eigenvalue weighted by Gasteiger charge is -2.35. The third-order valence-electron chi connectivity index (χ3n) is 8.24. The van der Waals surface area contributed by atoms with Crippen LogP contribution in [0.4, 0.5) is 0 Å². The van der Waals surface area contributed by atoms with Crippen molar-refractivity contribution in [3.8, 4) is 0 Å². The standard InChI is InChI=1S/C29H43NO6/c1-7-21-26(33)18(2)11-10-13-29(6)24(36-29)16-22(19(3)15-20-12-8-9-14-30-20)35-25(32)17-23(31)28(4,5)27(21)34/h8-9,12,14-15,18,21-24,26,31,33H,7,10-11,13,16-17H2,1-6H3/t18?,21?,22-,23?,24-,26-,29?/m0/s1. The van der Waals surface area contributed by atoms with E-state index in [0.29, 0.717) is 12.8 Å². The summed E-state index contributed by atoms with van der Waals surface area (Å²) in [6, 6.07) is 5.63. The molecular weight excluding hydrogens is 458 g/mol. The number of epoxide rings is 1. The van der Waals surface area contributed by atoms with E-state index in [9.17, 15) is 19.8 Å². The predicted octanol–water partition coefficient (Wildman–Crippen LogP) is 4.50. The van der Waals surface area contributed by atoms with Gasteiger partial charge in [0.05, 0.1) is 41.4 Å². The number of pyridine rings is 1. The zero-order valence-electron chi connectivity index (χ0n) is 22.6. The molecule has 2 aliphatic rings. The van der Waals surface area contributed by atoms with Crippen molar-refractivity contribution in [1.82, 2.24) is 4.98 Å². The molecule has 1 aromatic heterocycles. The van der Waals surface area contributed by atoms with Crippen molar-refractivity contribution in [3.63, 3.8) is 0 Å². The molecule has 0 spiro atoms.